The SMILES string of the molecule is C=CCCC(=O)c1ccc2c(c1)COC2. The van der Waals surface area contributed by atoms with Crippen LogP contribution in [0.25, 0.3) is 0 Å². The molecule has 1 aliphatic rings. The van der Waals surface area contributed by atoms with Gasteiger partial charge in [0.2, 0.25) is 0 Å². The van der Waals surface area contributed by atoms with Gasteiger partial charge in [-0.15, -0.1) is 6.58 Å². The van der Waals surface area contributed by atoms with Crippen LogP contribution < -0.4 is 0 Å². The summed E-state index contributed by atoms with van der Waals surface area (Å²) in [7, 11) is 0. The average Bonchev–Trinajstić information content (AvgIpc) is 2.72. The Balaban J connectivity index is 2.15. The second-order valence-corrected chi connectivity index (χ2v) is 3.73. The molecule has 0 saturated heterocycles. The van der Waals surface area contributed by atoms with E-state index in [9.17, 15) is 4.79 Å². The van der Waals surface area contributed by atoms with Crippen LogP contribution in [0.1, 0.15) is 34.3 Å². The molecule has 0 aliphatic carbocycles. The first-order valence-electron chi connectivity index (χ1n) is 5.15. The zero-order valence-corrected chi connectivity index (χ0v) is 8.66. The molecule has 78 valence electrons. The molecule has 1 aliphatic heterocycles. The fourth-order valence-corrected chi connectivity index (χ4v) is 1.72. The predicted molar refractivity (Wildman–Crippen MR) is 58.7 cm³/mol. The summed E-state index contributed by atoms with van der Waals surface area (Å²) in [6, 6.07) is 5.83. The van der Waals surface area contributed by atoms with Crippen LogP contribution in [-0.2, 0) is 18.0 Å². The Bertz CT molecular complexity index is 394. The lowest BCUT2D eigenvalue weighted by Gasteiger charge is -2.02. The highest BCUT2D eigenvalue weighted by Gasteiger charge is 2.13. The third-order valence-electron chi connectivity index (χ3n) is 2.62. The minimum atomic E-state index is 0.185. The van der Waals surface area contributed by atoms with Gasteiger partial charge in [0.15, 0.2) is 5.78 Å². The Labute approximate surface area is 89.6 Å². The largest absolute Gasteiger partial charge is 0.372 e. The molecule has 0 unspecified atom stereocenters. The van der Waals surface area contributed by atoms with Crippen molar-refractivity contribution in [2.45, 2.75) is 26.1 Å². The highest BCUT2D eigenvalue weighted by atomic mass is 16.5. The normalized spacial score (nSPS) is 13.6. The van der Waals surface area contributed by atoms with E-state index in [1.807, 2.05) is 18.2 Å². The first kappa shape index (κ1) is 10.1. The lowest BCUT2D eigenvalue weighted by atomic mass is 10.0. The van der Waals surface area contributed by atoms with E-state index in [4.69, 9.17) is 4.74 Å². The van der Waals surface area contributed by atoms with E-state index in [0.717, 1.165) is 17.5 Å². The van der Waals surface area contributed by atoms with Gasteiger partial charge in [0.25, 0.3) is 0 Å². The Hall–Kier alpha value is -1.41. The molecule has 0 spiro atoms. The van der Waals surface area contributed by atoms with Crippen LogP contribution in [0.4, 0.5) is 0 Å². The fourth-order valence-electron chi connectivity index (χ4n) is 1.72. The van der Waals surface area contributed by atoms with E-state index in [2.05, 4.69) is 6.58 Å². The topological polar surface area (TPSA) is 26.3 Å². The van der Waals surface area contributed by atoms with Crippen molar-refractivity contribution in [1.82, 2.24) is 0 Å². The number of fused-ring (bicyclic) bond motifs is 1. The molecule has 0 bridgehead atoms. The fraction of sp³-hybridized carbons (Fsp3) is 0.308. The molecule has 0 amide bonds. The smallest absolute Gasteiger partial charge is 0.163 e. The summed E-state index contributed by atoms with van der Waals surface area (Å²) in [5, 5.41) is 0. The van der Waals surface area contributed by atoms with E-state index >= 15 is 0 Å². The Morgan fingerprint density at radius 3 is 3.00 bits per heavy atom. The van der Waals surface area contributed by atoms with Crippen molar-refractivity contribution in [3.05, 3.63) is 47.5 Å². The van der Waals surface area contributed by atoms with Crippen LogP contribution >= 0.6 is 0 Å². The van der Waals surface area contributed by atoms with Crippen LogP contribution in [0.15, 0.2) is 30.9 Å². The maximum absolute atomic E-state index is 11.7. The number of hydrogen-bond donors (Lipinski definition) is 0. The van der Waals surface area contributed by atoms with E-state index < -0.39 is 0 Å². The summed E-state index contributed by atoms with van der Waals surface area (Å²) in [6.45, 7) is 4.93. The molecule has 15 heavy (non-hydrogen) atoms. The minimum absolute atomic E-state index is 0.185. The third kappa shape index (κ3) is 2.16. The van der Waals surface area contributed by atoms with Crippen molar-refractivity contribution in [2.24, 2.45) is 0 Å². The summed E-state index contributed by atoms with van der Waals surface area (Å²) in [5.74, 6) is 0.185. The molecular formula is C13H14O2. The van der Waals surface area contributed by atoms with Crippen LogP contribution in [0.5, 0.6) is 0 Å². The van der Waals surface area contributed by atoms with Gasteiger partial charge in [-0.1, -0.05) is 18.2 Å². The first-order chi connectivity index (χ1) is 7.31. The average molecular weight is 202 g/mol. The number of ketones is 1. The lowest BCUT2D eigenvalue weighted by molar-refractivity contribution is 0.0983. The number of Topliss-reactive ketones (excluding diaryl/α,β-unsaturated/α-hetero) is 1. The predicted octanol–water partition coefficient (Wildman–Crippen LogP) is 2.87. The summed E-state index contributed by atoms with van der Waals surface area (Å²) in [4.78, 5) is 11.7. The number of hydrogen-bond acceptors (Lipinski definition) is 2. The summed E-state index contributed by atoms with van der Waals surface area (Å²) >= 11 is 0. The quantitative estimate of drug-likeness (QED) is 0.554. The van der Waals surface area contributed by atoms with Gasteiger partial charge in [0.1, 0.15) is 0 Å². The monoisotopic (exact) mass is 202 g/mol. The molecule has 1 aromatic carbocycles. The number of rotatable bonds is 4. The van der Waals surface area contributed by atoms with Gasteiger partial charge >= 0.3 is 0 Å². The molecule has 2 heteroatoms. The molecule has 0 aromatic heterocycles. The molecule has 0 fully saturated rings. The number of allylic oxidation sites excluding steroid dienone is 1. The number of carbonyl (C=O) groups is 1. The Morgan fingerprint density at radius 2 is 2.20 bits per heavy atom. The second-order valence-electron chi connectivity index (χ2n) is 3.73. The lowest BCUT2D eigenvalue weighted by Crippen LogP contribution is -1.99. The van der Waals surface area contributed by atoms with Crippen molar-refractivity contribution in [2.75, 3.05) is 0 Å². The molecule has 2 nitrogen and oxygen atoms in total. The molecule has 1 heterocycles. The summed E-state index contributed by atoms with van der Waals surface area (Å²) in [6.07, 6.45) is 3.06. The maximum Gasteiger partial charge on any atom is 0.163 e. The molecule has 0 atom stereocenters. The van der Waals surface area contributed by atoms with Crippen molar-refractivity contribution >= 4 is 5.78 Å². The number of ether oxygens (including phenoxy) is 1. The van der Waals surface area contributed by atoms with Crippen molar-refractivity contribution < 1.29 is 9.53 Å². The van der Waals surface area contributed by atoms with Crippen LogP contribution in [0, 0.1) is 0 Å². The van der Waals surface area contributed by atoms with E-state index in [-0.39, 0.29) is 5.78 Å². The standard InChI is InChI=1S/C13H14O2/c1-2-3-4-13(14)10-5-6-11-8-15-9-12(11)7-10/h2,5-7H,1,3-4,8-9H2. The van der Waals surface area contributed by atoms with Crippen molar-refractivity contribution in [1.29, 1.82) is 0 Å². The highest BCUT2D eigenvalue weighted by Crippen LogP contribution is 2.21. The summed E-state index contributed by atoms with van der Waals surface area (Å²) in [5.41, 5.74) is 3.15. The van der Waals surface area contributed by atoms with Gasteiger partial charge < -0.3 is 4.74 Å². The highest BCUT2D eigenvalue weighted by molar-refractivity contribution is 5.96. The molecule has 0 saturated carbocycles. The van der Waals surface area contributed by atoms with Crippen LogP contribution in [0.3, 0.4) is 0 Å². The van der Waals surface area contributed by atoms with E-state index in [0.29, 0.717) is 19.6 Å². The number of carbonyl (C=O) groups excluding carboxylic acids is 1. The van der Waals surface area contributed by atoms with Gasteiger partial charge in [-0.25, -0.2) is 0 Å². The zero-order chi connectivity index (χ0) is 10.7. The van der Waals surface area contributed by atoms with Crippen LogP contribution in [-0.4, -0.2) is 5.78 Å². The van der Waals surface area contributed by atoms with Crippen molar-refractivity contribution in [3.8, 4) is 0 Å². The second kappa shape index (κ2) is 4.41. The molecule has 0 radical (unpaired) electrons. The van der Waals surface area contributed by atoms with Gasteiger partial charge in [-0.2, -0.15) is 0 Å². The maximum atomic E-state index is 11.7. The Morgan fingerprint density at radius 1 is 1.40 bits per heavy atom. The third-order valence-corrected chi connectivity index (χ3v) is 2.62. The van der Waals surface area contributed by atoms with Crippen molar-refractivity contribution in [3.63, 3.8) is 0 Å². The first-order valence-corrected chi connectivity index (χ1v) is 5.15. The van der Waals surface area contributed by atoms with Gasteiger partial charge in [-0.05, 0) is 23.6 Å². The van der Waals surface area contributed by atoms with Gasteiger partial charge in [-0.3, -0.25) is 4.79 Å². The summed E-state index contributed by atoms with van der Waals surface area (Å²) < 4.78 is 5.30. The minimum Gasteiger partial charge on any atom is -0.372 e. The van der Waals surface area contributed by atoms with Gasteiger partial charge in [0, 0.05) is 12.0 Å². The number of benzene rings is 1. The molecule has 1 aromatic rings. The van der Waals surface area contributed by atoms with E-state index in [1.165, 1.54) is 5.56 Å². The van der Waals surface area contributed by atoms with Crippen LogP contribution in [0.2, 0.25) is 0 Å². The Kier molecular flexibility index (Phi) is 2.97. The molecule has 0 N–H and O–H groups in total. The molecule has 2 rings (SSSR count). The van der Waals surface area contributed by atoms with E-state index in [1.54, 1.807) is 6.08 Å². The molecular weight excluding hydrogens is 188 g/mol. The zero-order valence-electron chi connectivity index (χ0n) is 8.66. The van der Waals surface area contributed by atoms with Gasteiger partial charge in [0.05, 0.1) is 13.2 Å².